The molecule has 3 aromatic rings. The maximum Gasteiger partial charge on any atom is 0.339 e. The van der Waals surface area contributed by atoms with Crippen molar-refractivity contribution in [1.29, 1.82) is 0 Å². The Balaban J connectivity index is 1.71. The number of nitrogens with one attached hydrogen (secondary N) is 2. The van der Waals surface area contributed by atoms with E-state index in [1.54, 1.807) is 6.21 Å². The predicted molar refractivity (Wildman–Crippen MR) is 130 cm³/mol. The van der Waals surface area contributed by atoms with E-state index in [4.69, 9.17) is 0 Å². The maximum absolute atomic E-state index is 12.1. The van der Waals surface area contributed by atoms with Crippen LogP contribution in [0.5, 0.6) is 0 Å². The number of aryl methyl sites for hydroxylation is 2. The third-order valence-corrected chi connectivity index (χ3v) is 5.47. The minimum absolute atomic E-state index is 0.369. The summed E-state index contributed by atoms with van der Waals surface area (Å²) in [4.78, 5) is 14.4. The van der Waals surface area contributed by atoms with Crippen molar-refractivity contribution in [3.63, 3.8) is 0 Å². The largest absolute Gasteiger partial charge is 0.372 e. The van der Waals surface area contributed by atoms with Gasteiger partial charge in [-0.2, -0.15) is 5.10 Å². The molecule has 0 unspecified atom stereocenters. The first-order valence-electron chi connectivity index (χ1n) is 10.6. The molecule has 6 heteroatoms. The minimum Gasteiger partial charge on any atom is -0.372 e. The third kappa shape index (κ3) is 5.15. The van der Waals surface area contributed by atoms with E-state index in [2.05, 4.69) is 83.3 Å². The number of rotatable bonds is 7. The number of amides is 2. The normalized spacial score (nSPS) is 11.0. The van der Waals surface area contributed by atoms with E-state index < -0.39 is 0 Å². The van der Waals surface area contributed by atoms with Crippen LogP contribution in [0.3, 0.4) is 0 Å². The monoisotopic (exact) mass is 417 g/mol. The van der Waals surface area contributed by atoms with E-state index in [9.17, 15) is 4.79 Å². The highest BCUT2D eigenvalue weighted by Gasteiger charge is 2.10. The van der Waals surface area contributed by atoms with Crippen LogP contribution >= 0.6 is 0 Å². The number of urea groups is 1. The van der Waals surface area contributed by atoms with E-state index in [1.165, 1.54) is 5.69 Å². The van der Waals surface area contributed by atoms with Crippen molar-refractivity contribution in [3.8, 4) is 5.69 Å². The molecule has 0 radical (unpaired) electrons. The van der Waals surface area contributed by atoms with Crippen molar-refractivity contribution in [3.05, 3.63) is 77.1 Å². The van der Waals surface area contributed by atoms with Gasteiger partial charge in [0.1, 0.15) is 0 Å². The van der Waals surface area contributed by atoms with Gasteiger partial charge in [-0.25, -0.2) is 10.2 Å². The molecule has 0 saturated carbocycles. The zero-order valence-corrected chi connectivity index (χ0v) is 18.9. The molecule has 31 heavy (non-hydrogen) atoms. The van der Waals surface area contributed by atoms with Gasteiger partial charge in [-0.15, -0.1) is 0 Å². The van der Waals surface area contributed by atoms with E-state index in [-0.39, 0.29) is 6.03 Å². The summed E-state index contributed by atoms with van der Waals surface area (Å²) in [6.07, 6.45) is 1.68. The molecular formula is C25H31N5O. The van der Waals surface area contributed by atoms with Crippen molar-refractivity contribution in [2.75, 3.05) is 23.3 Å². The zero-order valence-electron chi connectivity index (χ0n) is 18.9. The third-order valence-electron chi connectivity index (χ3n) is 5.47. The summed E-state index contributed by atoms with van der Waals surface area (Å²) in [6, 6.07) is 17.9. The second-order valence-corrected chi connectivity index (χ2v) is 7.49. The lowest BCUT2D eigenvalue weighted by atomic mass is 10.2. The van der Waals surface area contributed by atoms with E-state index in [0.29, 0.717) is 0 Å². The molecule has 0 bridgehead atoms. The smallest absolute Gasteiger partial charge is 0.339 e. The Morgan fingerprint density at radius 2 is 1.71 bits per heavy atom. The zero-order chi connectivity index (χ0) is 22.4. The maximum atomic E-state index is 12.1. The SMILES string of the molecule is CCN(CC)c1ccc(-n2c(C)cc(C=NNC(=O)Nc3ccccc3C)c2C)cc1. The number of hydrogen-bond donors (Lipinski definition) is 2. The lowest BCUT2D eigenvalue weighted by Crippen LogP contribution is -2.24. The molecule has 162 valence electrons. The van der Waals surface area contributed by atoms with Crippen LogP contribution < -0.4 is 15.6 Å². The number of aromatic nitrogens is 1. The summed E-state index contributed by atoms with van der Waals surface area (Å²) in [5.41, 5.74) is 9.77. The fourth-order valence-corrected chi connectivity index (χ4v) is 3.74. The molecule has 0 atom stereocenters. The van der Waals surface area contributed by atoms with Gasteiger partial charge in [0.25, 0.3) is 0 Å². The molecule has 2 N–H and O–H groups in total. The highest BCUT2D eigenvalue weighted by molar-refractivity contribution is 5.91. The highest BCUT2D eigenvalue weighted by atomic mass is 16.2. The molecule has 0 aliphatic carbocycles. The number of hydrogen-bond acceptors (Lipinski definition) is 3. The average molecular weight is 418 g/mol. The Hall–Kier alpha value is -3.54. The number of carbonyl (C=O) groups excluding carboxylic acids is 1. The molecule has 3 rings (SSSR count). The fourth-order valence-electron chi connectivity index (χ4n) is 3.74. The molecule has 1 heterocycles. The molecule has 1 aromatic heterocycles. The van der Waals surface area contributed by atoms with Crippen molar-refractivity contribution < 1.29 is 4.79 Å². The van der Waals surface area contributed by atoms with Gasteiger partial charge < -0.3 is 14.8 Å². The van der Waals surface area contributed by atoms with Crippen molar-refractivity contribution >= 4 is 23.6 Å². The standard InChI is InChI=1S/C25H31N5O/c1-6-29(7-2)22-12-14-23(15-13-22)30-19(4)16-21(20(30)5)17-26-28-25(31)27-24-11-9-8-10-18(24)3/h8-17H,6-7H2,1-5H3,(H2,27,28,31). The summed E-state index contributed by atoms with van der Waals surface area (Å²) in [6.45, 7) is 12.4. The quantitative estimate of drug-likeness (QED) is 0.399. The first-order valence-corrected chi connectivity index (χ1v) is 10.6. The molecule has 6 nitrogen and oxygen atoms in total. The van der Waals surface area contributed by atoms with Crippen LogP contribution in [0.1, 0.15) is 36.4 Å². The number of anilines is 2. The van der Waals surface area contributed by atoms with Gasteiger partial charge in [0, 0.05) is 47.1 Å². The van der Waals surface area contributed by atoms with Crippen LogP contribution in [0.25, 0.3) is 5.69 Å². The number of hydrazone groups is 1. The lowest BCUT2D eigenvalue weighted by molar-refractivity contribution is 0.252. The first kappa shape index (κ1) is 22.2. The van der Waals surface area contributed by atoms with Crippen LogP contribution in [-0.2, 0) is 0 Å². The van der Waals surface area contributed by atoms with Gasteiger partial charge in [0.2, 0.25) is 0 Å². The molecule has 2 aromatic carbocycles. The highest BCUT2D eigenvalue weighted by Crippen LogP contribution is 2.23. The van der Waals surface area contributed by atoms with Crippen molar-refractivity contribution in [2.24, 2.45) is 5.10 Å². The molecule has 0 aliphatic heterocycles. The Kier molecular flexibility index (Phi) is 7.13. The van der Waals surface area contributed by atoms with Gasteiger partial charge in [0.05, 0.1) is 6.21 Å². The lowest BCUT2D eigenvalue weighted by Gasteiger charge is -2.21. The summed E-state index contributed by atoms with van der Waals surface area (Å²) >= 11 is 0. The molecule has 2 amide bonds. The topological polar surface area (TPSA) is 61.7 Å². The van der Waals surface area contributed by atoms with Crippen LogP contribution in [0.2, 0.25) is 0 Å². The van der Waals surface area contributed by atoms with Crippen molar-refractivity contribution in [1.82, 2.24) is 9.99 Å². The van der Waals surface area contributed by atoms with Gasteiger partial charge >= 0.3 is 6.03 Å². The van der Waals surface area contributed by atoms with Crippen molar-refractivity contribution in [2.45, 2.75) is 34.6 Å². The molecule has 0 aliphatic rings. The van der Waals surface area contributed by atoms with E-state index in [0.717, 1.165) is 47.0 Å². The molecule has 0 spiro atoms. The van der Waals surface area contributed by atoms with Gasteiger partial charge in [0.15, 0.2) is 0 Å². The Labute approximate surface area is 184 Å². The number of carbonyl (C=O) groups is 1. The number of nitrogens with zero attached hydrogens (tertiary/aromatic N) is 3. The molecular weight excluding hydrogens is 386 g/mol. The van der Waals surface area contributed by atoms with E-state index in [1.807, 2.05) is 31.2 Å². The van der Waals surface area contributed by atoms with Crippen LogP contribution in [0, 0.1) is 20.8 Å². The van der Waals surface area contributed by atoms with Gasteiger partial charge in [-0.1, -0.05) is 18.2 Å². The summed E-state index contributed by atoms with van der Waals surface area (Å²) in [5, 5.41) is 6.93. The Morgan fingerprint density at radius 1 is 1.03 bits per heavy atom. The number of benzene rings is 2. The molecule has 0 fully saturated rings. The minimum atomic E-state index is -0.369. The Bertz CT molecular complexity index is 1060. The Morgan fingerprint density at radius 3 is 2.35 bits per heavy atom. The first-order chi connectivity index (χ1) is 14.9. The van der Waals surface area contributed by atoms with E-state index >= 15 is 0 Å². The summed E-state index contributed by atoms with van der Waals surface area (Å²) in [7, 11) is 0. The van der Waals surface area contributed by atoms with Crippen LogP contribution in [-0.4, -0.2) is 29.9 Å². The second-order valence-electron chi connectivity index (χ2n) is 7.49. The van der Waals surface area contributed by atoms with Crippen LogP contribution in [0.15, 0.2) is 59.7 Å². The summed E-state index contributed by atoms with van der Waals surface area (Å²) < 4.78 is 2.20. The predicted octanol–water partition coefficient (Wildman–Crippen LogP) is 5.40. The van der Waals surface area contributed by atoms with Gasteiger partial charge in [-0.05, 0) is 76.6 Å². The van der Waals surface area contributed by atoms with Crippen LogP contribution in [0.4, 0.5) is 16.2 Å². The average Bonchev–Trinajstić information content (AvgIpc) is 3.04. The van der Waals surface area contributed by atoms with Gasteiger partial charge in [-0.3, -0.25) is 0 Å². The second kappa shape index (κ2) is 9.98. The summed E-state index contributed by atoms with van der Waals surface area (Å²) in [5.74, 6) is 0. The molecule has 0 saturated heterocycles. The number of para-hydroxylation sites is 1. The fraction of sp³-hybridized carbons (Fsp3) is 0.280.